The predicted octanol–water partition coefficient (Wildman–Crippen LogP) is 2.25. The third kappa shape index (κ3) is 3.97. The molecule has 5 nitrogen and oxygen atoms in total. The highest BCUT2D eigenvalue weighted by atomic mass is 19.1. The van der Waals surface area contributed by atoms with Crippen LogP contribution in [-0.2, 0) is 11.3 Å². The Morgan fingerprint density at radius 1 is 1.42 bits per heavy atom. The predicted molar refractivity (Wildman–Crippen MR) is 68.3 cm³/mol. The summed E-state index contributed by atoms with van der Waals surface area (Å²) in [5.74, 6) is -0.188. The van der Waals surface area contributed by atoms with Crippen molar-refractivity contribution >= 4 is 5.69 Å². The van der Waals surface area contributed by atoms with Crippen LogP contribution in [0.15, 0.2) is 18.2 Å². The Hall–Kier alpha value is -1.53. The molecule has 0 aromatic heterocycles. The number of nitro groups is 1. The zero-order valence-electron chi connectivity index (χ0n) is 10.6. The Morgan fingerprint density at radius 3 is 2.79 bits per heavy atom. The van der Waals surface area contributed by atoms with Gasteiger partial charge in [-0.2, -0.15) is 4.39 Å². The lowest BCUT2D eigenvalue weighted by Gasteiger charge is -2.22. The summed E-state index contributed by atoms with van der Waals surface area (Å²) >= 11 is 0. The zero-order chi connectivity index (χ0) is 13.7. The minimum atomic E-state index is -0.782. The van der Waals surface area contributed by atoms with Gasteiger partial charge in [0.1, 0.15) is 0 Å². The lowest BCUT2D eigenvalue weighted by atomic mass is 10.0. The Morgan fingerprint density at radius 2 is 2.16 bits per heavy atom. The summed E-state index contributed by atoms with van der Waals surface area (Å²) < 4.78 is 18.7. The van der Waals surface area contributed by atoms with Gasteiger partial charge in [0.15, 0.2) is 0 Å². The van der Waals surface area contributed by atoms with Crippen LogP contribution in [0.2, 0.25) is 0 Å². The molecule has 1 fully saturated rings. The van der Waals surface area contributed by atoms with Crippen LogP contribution in [0.4, 0.5) is 10.1 Å². The first-order valence-electron chi connectivity index (χ1n) is 6.38. The third-order valence-corrected chi connectivity index (χ3v) is 3.31. The first-order chi connectivity index (χ1) is 9.16. The van der Waals surface area contributed by atoms with Gasteiger partial charge < -0.3 is 10.1 Å². The number of nitro benzene ring substituents is 1. The Bertz CT molecular complexity index is 448. The highest BCUT2D eigenvalue weighted by molar-refractivity contribution is 5.34. The summed E-state index contributed by atoms with van der Waals surface area (Å²) in [5.41, 5.74) is 0.239. The lowest BCUT2D eigenvalue weighted by molar-refractivity contribution is -0.387. The summed E-state index contributed by atoms with van der Waals surface area (Å²) in [6, 6.07) is 4.01. The highest BCUT2D eigenvalue weighted by Crippen LogP contribution is 2.18. The van der Waals surface area contributed by atoms with Gasteiger partial charge in [-0.1, -0.05) is 6.07 Å². The number of ether oxygens (including phenoxy) is 1. The summed E-state index contributed by atoms with van der Waals surface area (Å²) in [5, 5.41) is 13.7. The van der Waals surface area contributed by atoms with Gasteiger partial charge in [-0.3, -0.25) is 10.1 Å². The van der Waals surface area contributed by atoms with Crippen LogP contribution in [0.25, 0.3) is 0 Å². The minimum absolute atomic E-state index is 0.479. The number of nitrogens with one attached hydrogen (secondary N) is 1. The van der Waals surface area contributed by atoms with Crippen molar-refractivity contribution in [2.45, 2.75) is 19.4 Å². The Labute approximate surface area is 110 Å². The van der Waals surface area contributed by atoms with Gasteiger partial charge >= 0.3 is 5.69 Å². The average Bonchev–Trinajstić information content (AvgIpc) is 2.39. The van der Waals surface area contributed by atoms with Crippen molar-refractivity contribution in [2.75, 3.05) is 19.8 Å². The molecule has 104 valence electrons. The van der Waals surface area contributed by atoms with Crippen molar-refractivity contribution < 1.29 is 14.1 Å². The summed E-state index contributed by atoms with van der Waals surface area (Å²) in [4.78, 5) is 9.78. The van der Waals surface area contributed by atoms with Gasteiger partial charge in [0.05, 0.1) is 4.92 Å². The van der Waals surface area contributed by atoms with Crippen molar-refractivity contribution in [1.82, 2.24) is 5.32 Å². The van der Waals surface area contributed by atoms with E-state index in [9.17, 15) is 14.5 Å². The fourth-order valence-corrected chi connectivity index (χ4v) is 2.18. The van der Waals surface area contributed by atoms with Crippen LogP contribution >= 0.6 is 0 Å². The van der Waals surface area contributed by atoms with Crippen molar-refractivity contribution in [3.63, 3.8) is 0 Å². The standard InChI is InChI=1S/C13H17FN2O3/c14-12-7-11(1-2-13(12)16(17)18)9-15-8-10-3-5-19-6-4-10/h1-2,7,10,15H,3-6,8-9H2. The molecule has 1 aliphatic rings. The van der Waals surface area contributed by atoms with Crippen LogP contribution < -0.4 is 5.32 Å². The number of hydrogen-bond donors (Lipinski definition) is 1. The normalized spacial score (nSPS) is 16.5. The monoisotopic (exact) mass is 268 g/mol. The van der Waals surface area contributed by atoms with E-state index in [1.807, 2.05) is 0 Å². The van der Waals surface area contributed by atoms with Gasteiger partial charge in [0.25, 0.3) is 0 Å². The number of hydrogen-bond acceptors (Lipinski definition) is 4. The number of halogens is 1. The maximum absolute atomic E-state index is 13.4. The third-order valence-electron chi connectivity index (χ3n) is 3.31. The van der Waals surface area contributed by atoms with Crippen molar-refractivity contribution in [3.8, 4) is 0 Å². The van der Waals surface area contributed by atoms with E-state index in [0.717, 1.165) is 38.2 Å². The molecule has 0 aliphatic carbocycles. The highest BCUT2D eigenvalue weighted by Gasteiger charge is 2.15. The molecule has 1 aliphatic heterocycles. The topological polar surface area (TPSA) is 64.4 Å². The fraction of sp³-hybridized carbons (Fsp3) is 0.538. The Balaban J connectivity index is 1.82. The first kappa shape index (κ1) is 13.9. The second-order valence-electron chi connectivity index (χ2n) is 4.73. The fourth-order valence-electron chi connectivity index (χ4n) is 2.18. The van der Waals surface area contributed by atoms with Gasteiger partial charge in [-0.05, 0) is 36.9 Å². The van der Waals surface area contributed by atoms with Gasteiger partial charge in [0, 0.05) is 25.8 Å². The molecular formula is C13H17FN2O3. The van der Waals surface area contributed by atoms with E-state index in [4.69, 9.17) is 4.74 Å². The van der Waals surface area contributed by atoms with Crippen molar-refractivity contribution in [3.05, 3.63) is 39.7 Å². The van der Waals surface area contributed by atoms with Crippen LogP contribution in [0, 0.1) is 21.8 Å². The van der Waals surface area contributed by atoms with Gasteiger partial charge in [0.2, 0.25) is 5.82 Å². The molecule has 1 heterocycles. The van der Waals surface area contributed by atoms with Crippen molar-refractivity contribution in [2.24, 2.45) is 5.92 Å². The molecular weight excluding hydrogens is 251 g/mol. The zero-order valence-corrected chi connectivity index (χ0v) is 10.6. The molecule has 0 atom stereocenters. The molecule has 1 aromatic carbocycles. The van der Waals surface area contributed by atoms with E-state index in [0.29, 0.717) is 12.5 Å². The van der Waals surface area contributed by atoms with E-state index in [-0.39, 0.29) is 0 Å². The Kier molecular flexibility index (Phi) is 4.81. The molecule has 1 aromatic rings. The maximum atomic E-state index is 13.4. The molecule has 1 N–H and O–H groups in total. The molecule has 0 bridgehead atoms. The molecule has 0 saturated carbocycles. The van der Waals surface area contributed by atoms with Gasteiger partial charge in [-0.15, -0.1) is 0 Å². The largest absolute Gasteiger partial charge is 0.381 e. The molecule has 0 amide bonds. The van der Waals surface area contributed by atoms with E-state index in [2.05, 4.69) is 5.32 Å². The smallest absolute Gasteiger partial charge is 0.304 e. The van der Waals surface area contributed by atoms with E-state index < -0.39 is 16.4 Å². The second-order valence-corrected chi connectivity index (χ2v) is 4.73. The summed E-state index contributed by atoms with van der Waals surface area (Å²) in [6.07, 6.45) is 2.09. The van der Waals surface area contributed by atoms with E-state index in [1.54, 1.807) is 6.07 Å². The SMILES string of the molecule is O=[N+]([O-])c1ccc(CNCC2CCOCC2)cc1F. The molecule has 6 heteroatoms. The minimum Gasteiger partial charge on any atom is -0.381 e. The summed E-state index contributed by atoms with van der Waals surface area (Å²) in [6.45, 7) is 2.99. The maximum Gasteiger partial charge on any atom is 0.304 e. The number of benzene rings is 1. The quantitative estimate of drug-likeness (QED) is 0.657. The van der Waals surface area contributed by atoms with Crippen LogP contribution in [0.3, 0.4) is 0 Å². The van der Waals surface area contributed by atoms with Gasteiger partial charge in [-0.25, -0.2) is 0 Å². The molecule has 0 spiro atoms. The molecule has 19 heavy (non-hydrogen) atoms. The second kappa shape index (κ2) is 6.58. The molecule has 2 rings (SSSR count). The lowest BCUT2D eigenvalue weighted by Crippen LogP contribution is -2.27. The van der Waals surface area contributed by atoms with Crippen LogP contribution in [-0.4, -0.2) is 24.7 Å². The molecule has 1 saturated heterocycles. The van der Waals surface area contributed by atoms with Crippen LogP contribution in [0.1, 0.15) is 18.4 Å². The van der Waals surface area contributed by atoms with Crippen molar-refractivity contribution in [1.29, 1.82) is 0 Å². The van der Waals surface area contributed by atoms with E-state index in [1.165, 1.54) is 12.1 Å². The van der Waals surface area contributed by atoms with Crippen LogP contribution in [0.5, 0.6) is 0 Å². The molecule has 0 unspecified atom stereocenters. The first-order valence-corrected chi connectivity index (χ1v) is 6.38. The average molecular weight is 268 g/mol. The number of nitrogens with zero attached hydrogens (tertiary/aromatic N) is 1. The molecule has 0 radical (unpaired) electrons. The number of rotatable bonds is 5. The summed E-state index contributed by atoms with van der Waals surface area (Å²) in [7, 11) is 0. The van der Waals surface area contributed by atoms with E-state index >= 15 is 0 Å².